The van der Waals surface area contributed by atoms with Crippen LogP contribution in [-0.4, -0.2) is 11.7 Å². The number of rotatable bonds is 5. The summed E-state index contributed by atoms with van der Waals surface area (Å²) in [5, 5.41) is 8.96. The highest BCUT2D eigenvalue weighted by Gasteiger charge is 2.12. The maximum atomic E-state index is 8.96. The molecule has 0 aromatic rings. The highest BCUT2D eigenvalue weighted by atomic mass is 16.3. The largest absolute Gasteiger partial charge is 0.396 e. The van der Waals surface area contributed by atoms with E-state index in [0.717, 1.165) is 18.3 Å². The summed E-state index contributed by atoms with van der Waals surface area (Å²) in [5.41, 5.74) is 0. The molecule has 1 nitrogen and oxygen atoms in total. The average molecular weight is 188 g/mol. The molecule has 0 saturated carbocycles. The Kier molecular flexibility index (Phi) is 11.9. The number of hydrogen-bond acceptors (Lipinski definition) is 1. The zero-order valence-electron chi connectivity index (χ0n) is 10.3. The van der Waals surface area contributed by atoms with E-state index in [0.29, 0.717) is 12.5 Å². The molecule has 0 saturated heterocycles. The van der Waals surface area contributed by atoms with Crippen LogP contribution in [0.15, 0.2) is 0 Å². The minimum atomic E-state index is 0.355. The van der Waals surface area contributed by atoms with Crippen LogP contribution in [0.5, 0.6) is 0 Å². The van der Waals surface area contributed by atoms with Gasteiger partial charge in [0.2, 0.25) is 0 Å². The molecule has 13 heavy (non-hydrogen) atoms. The molecular formula is C12H28O. The van der Waals surface area contributed by atoms with Gasteiger partial charge >= 0.3 is 0 Å². The molecule has 0 radical (unpaired) electrons. The van der Waals surface area contributed by atoms with E-state index < -0.39 is 0 Å². The van der Waals surface area contributed by atoms with Crippen LogP contribution < -0.4 is 0 Å². The zero-order chi connectivity index (χ0) is 10.9. The van der Waals surface area contributed by atoms with Gasteiger partial charge in [-0.25, -0.2) is 0 Å². The maximum absolute atomic E-state index is 8.96. The van der Waals surface area contributed by atoms with Crippen molar-refractivity contribution in [2.45, 2.75) is 54.4 Å². The van der Waals surface area contributed by atoms with Crippen LogP contribution in [0, 0.1) is 17.8 Å². The first kappa shape index (κ1) is 15.4. The van der Waals surface area contributed by atoms with Gasteiger partial charge in [0.05, 0.1) is 0 Å². The molecule has 0 rings (SSSR count). The minimum Gasteiger partial charge on any atom is -0.396 e. The molecule has 2 unspecified atom stereocenters. The Morgan fingerprint density at radius 3 is 1.77 bits per heavy atom. The molecule has 0 aromatic heterocycles. The zero-order valence-corrected chi connectivity index (χ0v) is 10.3. The molecule has 1 N–H and O–H groups in total. The fourth-order valence-electron chi connectivity index (χ4n) is 1.17. The van der Waals surface area contributed by atoms with E-state index in [1.807, 2.05) is 13.8 Å². The average Bonchev–Trinajstić information content (AvgIpc) is 2.16. The second-order valence-corrected chi connectivity index (χ2v) is 3.91. The van der Waals surface area contributed by atoms with E-state index in [9.17, 15) is 0 Å². The van der Waals surface area contributed by atoms with Crippen molar-refractivity contribution < 1.29 is 5.11 Å². The molecule has 0 aliphatic heterocycles. The molecule has 1 heteroatoms. The fourth-order valence-corrected chi connectivity index (χ4v) is 1.17. The van der Waals surface area contributed by atoms with E-state index in [1.165, 1.54) is 6.42 Å². The summed E-state index contributed by atoms with van der Waals surface area (Å²) < 4.78 is 0. The SMILES string of the molecule is CC.CCC(CO)CC(C)C(C)C. The Balaban J connectivity index is 0. The molecule has 0 fully saturated rings. The predicted octanol–water partition coefficient (Wildman–Crippen LogP) is 3.71. The number of hydrogen-bond donors (Lipinski definition) is 1. The van der Waals surface area contributed by atoms with Crippen LogP contribution in [0.1, 0.15) is 54.4 Å². The number of aliphatic hydroxyl groups excluding tert-OH is 1. The van der Waals surface area contributed by atoms with Gasteiger partial charge in [-0.3, -0.25) is 0 Å². The summed E-state index contributed by atoms with van der Waals surface area (Å²) in [5.74, 6) is 2.01. The van der Waals surface area contributed by atoms with Gasteiger partial charge in [0.25, 0.3) is 0 Å². The molecule has 0 spiro atoms. The van der Waals surface area contributed by atoms with Crippen LogP contribution in [0.3, 0.4) is 0 Å². The van der Waals surface area contributed by atoms with Crippen molar-refractivity contribution in [2.24, 2.45) is 17.8 Å². The Morgan fingerprint density at radius 2 is 1.54 bits per heavy atom. The Hall–Kier alpha value is -0.0400. The Morgan fingerprint density at radius 1 is 1.08 bits per heavy atom. The van der Waals surface area contributed by atoms with Crippen LogP contribution in [0.25, 0.3) is 0 Å². The van der Waals surface area contributed by atoms with Gasteiger partial charge in [-0.1, -0.05) is 48.0 Å². The molecule has 82 valence electrons. The standard InChI is InChI=1S/C10H22O.C2H6/c1-5-10(7-11)6-9(4)8(2)3;1-2/h8-11H,5-7H2,1-4H3;1-2H3. The van der Waals surface area contributed by atoms with E-state index in [4.69, 9.17) is 5.11 Å². The Labute approximate surface area is 84.6 Å². The van der Waals surface area contributed by atoms with Crippen molar-refractivity contribution in [1.29, 1.82) is 0 Å². The lowest BCUT2D eigenvalue weighted by Crippen LogP contribution is -2.13. The van der Waals surface area contributed by atoms with Gasteiger partial charge in [-0.2, -0.15) is 0 Å². The van der Waals surface area contributed by atoms with Crippen molar-refractivity contribution in [3.63, 3.8) is 0 Å². The van der Waals surface area contributed by atoms with Gasteiger partial charge in [0.15, 0.2) is 0 Å². The van der Waals surface area contributed by atoms with E-state index in [2.05, 4.69) is 27.7 Å². The molecule has 0 heterocycles. The molecule has 2 atom stereocenters. The molecule has 0 aliphatic carbocycles. The Bertz CT molecular complexity index is 85.1. The highest BCUT2D eigenvalue weighted by molar-refractivity contribution is 4.63. The van der Waals surface area contributed by atoms with Crippen LogP contribution in [-0.2, 0) is 0 Å². The molecular weight excluding hydrogens is 160 g/mol. The van der Waals surface area contributed by atoms with E-state index in [1.54, 1.807) is 0 Å². The van der Waals surface area contributed by atoms with Crippen molar-refractivity contribution in [3.05, 3.63) is 0 Å². The third kappa shape index (κ3) is 8.29. The molecule has 0 aliphatic rings. The summed E-state index contributed by atoms with van der Waals surface area (Å²) in [6, 6.07) is 0. The van der Waals surface area contributed by atoms with Crippen molar-refractivity contribution in [2.75, 3.05) is 6.61 Å². The minimum absolute atomic E-state index is 0.355. The summed E-state index contributed by atoms with van der Waals surface area (Å²) in [6.45, 7) is 13.3. The first-order valence-electron chi connectivity index (χ1n) is 5.72. The van der Waals surface area contributed by atoms with Crippen molar-refractivity contribution in [1.82, 2.24) is 0 Å². The smallest absolute Gasteiger partial charge is 0.0459 e. The lowest BCUT2D eigenvalue weighted by Gasteiger charge is -2.20. The van der Waals surface area contributed by atoms with Crippen LogP contribution in [0.4, 0.5) is 0 Å². The number of aliphatic hydroxyl groups is 1. The van der Waals surface area contributed by atoms with Gasteiger partial charge in [0.1, 0.15) is 0 Å². The van der Waals surface area contributed by atoms with E-state index in [-0.39, 0.29) is 0 Å². The maximum Gasteiger partial charge on any atom is 0.0459 e. The third-order valence-corrected chi connectivity index (χ3v) is 2.68. The molecule has 0 bridgehead atoms. The van der Waals surface area contributed by atoms with Gasteiger partial charge in [0, 0.05) is 6.61 Å². The topological polar surface area (TPSA) is 20.2 Å². The van der Waals surface area contributed by atoms with Gasteiger partial charge in [-0.15, -0.1) is 0 Å². The summed E-state index contributed by atoms with van der Waals surface area (Å²) in [7, 11) is 0. The monoisotopic (exact) mass is 188 g/mol. The van der Waals surface area contributed by atoms with Gasteiger partial charge in [-0.05, 0) is 24.2 Å². The second kappa shape index (κ2) is 10.0. The molecule has 0 aromatic carbocycles. The third-order valence-electron chi connectivity index (χ3n) is 2.68. The van der Waals surface area contributed by atoms with Crippen molar-refractivity contribution >= 4 is 0 Å². The van der Waals surface area contributed by atoms with Gasteiger partial charge < -0.3 is 5.11 Å². The summed E-state index contributed by atoms with van der Waals surface area (Å²) in [4.78, 5) is 0. The predicted molar refractivity (Wildman–Crippen MR) is 60.8 cm³/mol. The van der Waals surface area contributed by atoms with Crippen LogP contribution >= 0.6 is 0 Å². The summed E-state index contributed by atoms with van der Waals surface area (Å²) in [6.07, 6.45) is 2.28. The first-order valence-corrected chi connectivity index (χ1v) is 5.72. The summed E-state index contributed by atoms with van der Waals surface area (Å²) >= 11 is 0. The van der Waals surface area contributed by atoms with E-state index >= 15 is 0 Å². The van der Waals surface area contributed by atoms with Crippen molar-refractivity contribution in [3.8, 4) is 0 Å². The second-order valence-electron chi connectivity index (χ2n) is 3.91. The lowest BCUT2D eigenvalue weighted by atomic mass is 9.87. The quantitative estimate of drug-likeness (QED) is 0.697. The lowest BCUT2D eigenvalue weighted by molar-refractivity contribution is 0.187. The van der Waals surface area contributed by atoms with Crippen LogP contribution in [0.2, 0.25) is 0 Å². The normalized spacial score (nSPS) is 14.8. The molecule has 0 amide bonds. The highest BCUT2D eigenvalue weighted by Crippen LogP contribution is 2.21. The first-order chi connectivity index (χ1) is 6.11. The fraction of sp³-hybridized carbons (Fsp3) is 1.00.